The van der Waals surface area contributed by atoms with Crippen molar-refractivity contribution in [3.63, 3.8) is 0 Å². The SMILES string of the molecule is CCCCC(NC(N)=O)C(=O)NCCNC. The van der Waals surface area contributed by atoms with Crippen LogP contribution in [0.2, 0.25) is 0 Å². The lowest BCUT2D eigenvalue weighted by Crippen LogP contribution is -2.49. The maximum absolute atomic E-state index is 11.7. The Kier molecular flexibility index (Phi) is 8.24. The first kappa shape index (κ1) is 14.7. The molecular formula is C10H22N4O2. The van der Waals surface area contributed by atoms with Gasteiger partial charge in [0.05, 0.1) is 0 Å². The molecule has 6 heteroatoms. The second kappa shape index (κ2) is 8.96. The number of carbonyl (C=O) groups is 2. The molecule has 6 nitrogen and oxygen atoms in total. The number of nitrogens with two attached hydrogens (primary N) is 1. The molecule has 3 amide bonds. The van der Waals surface area contributed by atoms with Crippen molar-refractivity contribution in [2.24, 2.45) is 5.73 Å². The van der Waals surface area contributed by atoms with Crippen LogP contribution in [0, 0.1) is 0 Å². The van der Waals surface area contributed by atoms with Crippen LogP contribution in [0.3, 0.4) is 0 Å². The van der Waals surface area contributed by atoms with E-state index in [0.717, 1.165) is 12.8 Å². The summed E-state index contributed by atoms with van der Waals surface area (Å²) in [6, 6.07) is -1.18. The Hall–Kier alpha value is -1.30. The largest absolute Gasteiger partial charge is 0.353 e. The van der Waals surface area contributed by atoms with E-state index < -0.39 is 12.1 Å². The van der Waals surface area contributed by atoms with Gasteiger partial charge in [-0.2, -0.15) is 0 Å². The normalized spacial score (nSPS) is 11.9. The van der Waals surface area contributed by atoms with Crippen LogP contribution in [-0.4, -0.2) is 38.1 Å². The molecule has 0 aromatic rings. The lowest BCUT2D eigenvalue weighted by Gasteiger charge is -2.16. The van der Waals surface area contributed by atoms with Crippen molar-refractivity contribution < 1.29 is 9.59 Å². The zero-order chi connectivity index (χ0) is 12.4. The minimum atomic E-state index is -0.662. The first-order valence-electron chi connectivity index (χ1n) is 5.60. The molecule has 5 N–H and O–H groups in total. The minimum absolute atomic E-state index is 0.178. The molecule has 0 heterocycles. The molecule has 0 saturated carbocycles. The summed E-state index contributed by atoms with van der Waals surface area (Å²) >= 11 is 0. The predicted molar refractivity (Wildman–Crippen MR) is 63.0 cm³/mol. The predicted octanol–water partition coefficient (Wildman–Crippen LogP) is -0.451. The van der Waals surface area contributed by atoms with E-state index in [1.807, 2.05) is 14.0 Å². The first-order valence-corrected chi connectivity index (χ1v) is 5.60. The highest BCUT2D eigenvalue weighted by Gasteiger charge is 2.18. The fourth-order valence-electron chi connectivity index (χ4n) is 1.28. The molecule has 0 rings (SSSR count). The molecule has 0 fully saturated rings. The number of likely N-dealkylation sites (N-methyl/N-ethyl adjacent to an activating group) is 1. The fourth-order valence-corrected chi connectivity index (χ4v) is 1.28. The van der Waals surface area contributed by atoms with E-state index in [-0.39, 0.29) is 5.91 Å². The Balaban J connectivity index is 4.04. The van der Waals surface area contributed by atoms with Gasteiger partial charge in [-0.25, -0.2) is 4.79 Å². The highest BCUT2D eigenvalue weighted by molar-refractivity contribution is 5.86. The lowest BCUT2D eigenvalue weighted by atomic mass is 10.1. The van der Waals surface area contributed by atoms with Gasteiger partial charge in [0.15, 0.2) is 0 Å². The first-order chi connectivity index (χ1) is 7.61. The standard InChI is InChI=1S/C10H22N4O2/c1-3-4-5-8(14-10(11)16)9(15)13-7-6-12-2/h8,12H,3-7H2,1-2H3,(H,13,15)(H3,11,14,16). The number of primary amides is 1. The Morgan fingerprint density at radius 2 is 2.00 bits per heavy atom. The van der Waals surface area contributed by atoms with Crippen molar-refractivity contribution in [3.05, 3.63) is 0 Å². The molecule has 94 valence electrons. The summed E-state index contributed by atoms with van der Waals surface area (Å²) in [5.74, 6) is -0.178. The number of urea groups is 1. The third-order valence-electron chi connectivity index (χ3n) is 2.15. The van der Waals surface area contributed by atoms with Gasteiger partial charge in [0.1, 0.15) is 6.04 Å². The molecule has 1 atom stereocenters. The quantitative estimate of drug-likeness (QED) is 0.425. The van der Waals surface area contributed by atoms with Gasteiger partial charge in [-0.15, -0.1) is 0 Å². The Labute approximate surface area is 96.3 Å². The molecule has 0 aliphatic heterocycles. The van der Waals surface area contributed by atoms with E-state index in [9.17, 15) is 9.59 Å². The minimum Gasteiger partial charge on any atom is -0.353 e. The van der Waals surface area contributed by atoms with Crippen molar-refractivity contribution in [2.45, 2.75) is 32.2 Å². The van der Waals surface area contributed by atoms with Crippen LogP contribution in [-0.2, 0) is 4.79 Å². The van der Waals surface area contributed by atoms with Crippen LogP contribution < -0.4 is 21.7 Å². The molecular weight excluding hydrogens is 208 g/mol. The summed E-state index contributed by atoms with van der Waals surface area (Å²) in [5, 5.41) is 8.09. The third kappa shape index (κ3) is 7.05. The average molecular weight is 230 g/mol. The highest BCUT2D eigenvalue weighted by atomic mass is 16.2. The molecule has 0 spiro atoms. The molecule has 0 radical (unpaired) electrons. The van der Waals surface area contributed by atoms with Crippen LogP contribution in [0.1, 0.15) is 26.2 Å². The monoisotopic (exact) mass is 230 g/mol. The zero-order valence-electron chi connectivity index (χ0n) is 10.0. The fraction of sp³-hybridized carbons (Fsp3) is 0.800. The number of hydrogen-bond acceptors (Lipinski definition) is 3. The summed E-state index contributed by atoms with van der Waals surface area (Å²) in [6.07, 6.45) is 2.47. The maximum Gasteiger partial charge on any atom is 0.312 e. The number of nitrogens with one attached hydrogen (secondary N) is 3. The molecule has 0 bridgehead atoms. The van der Waals surface area contributed by atoms with Gasteiger partial charge < -0.3 is 21.7 Å². The number of carbonyl (C=O) groups excluding carboxylic acids is 2. The summed E-state index contributed by atoms with van der Waals surface area (Å²) in [7, 11) is 1.81. The average Bonchev–Trinajstić information content (AvgIpc) is 2.23. The highest BCUT2D eigenvalue weighted by Crippen LogP contribution is 2.00. The zero-order valence-corrected chi connectivity index (χ0v) is 10.0. The molecule has 16 heavy (non-hydrogen) atoms. The van der Waals surface area contributed by atoms with E-state index in [4.69, 9.17) is 5.73 Å². The molecule has 0 aromatic heterocycles. The van der Waals surface area contributed by atoms with Gasteiger partial charge in [-0.05, 0) is 13.5 Å². The molecule has 0 aliphatic carbocycles. The second-order valence-corrected chi connectivity index (χ2v) is 3.60. The van der Waals surface area contributed by atoms with Gasteiger partial charge in [-0.3, -0.25) is 4.79 Å². The van der Waals surface area contributed by atoms with Gasteiger partial charge in [-0.1, -0.05) is 19.8 Å². The Morgan fingerprint density at radius 3 is 2.50 bits per heavy atom. The van der Waals surface area contributed by atoms with E-state index in [2.05, 4.69) is 16.0 Å². The van der Waals surface area contributed by atoms with Gasteiger partial charge >= 0.3 is 6.03 Å². The molecule has 0 aliphatic rings. The third-order valence-corrected chi connectivity index (χ3v) is 2.15. The summed E-state index contributed by atoms with van der Waals surface area (Å²) in [5.41, 5.74) is 5.02. The van der Waals surface area contributed by atoms with Crippen LogP contribution in [0.25, 0.3) is 0 Å². The van der Waals surface area contributed by atoms with Gasteiger partial charge in [0.2, 0.25) is 5.91 Å². The summed E-state index contributed by atoms with van der Waals surface area (Å²) in [6.45, 7) is 3.27. The van der Waals surface area contributed by atoms with E-state index >= 15 is 0 Å². The number of unbranched alkanes of at least 4 members (excludes halogenated alkanes) is 1. The van der Waals surface area contributed by atoms with Crippen LogP contribution in [0.5, 0.6) is 0 Å². The second-order valence-electron chi connectivity index (χ2n) is 3.60. The number of amides is 3. The number of hydrogen-bond donors (Lipinski definition) is 4. The van der Waals surface area contributed by atoms with Gasteiger partial charge in [0.25, 0.3) is 0 Å². The maximum atomic E-state index is 11.7. The van der Waals surface area contributed by atoms with E-state index in [1.165, 1.54) is 0 Å². The lowest BCUT2D eigenvalue weighted by molar-refractivity contribution is -0.123. The smallest absolute Gasteiger partial charge is 0.312 e. The molecule has 0 aromatic carbocycles. The van der Waals surface area contributed by atoms with Crippen molar-refractivity contribution in [1.29, 1.82) is 0 Å². The molecule has 1 unspecified atom stereocenters. The van der Waals surface area contributed by atoms with Crippen molar-refractivity contribution in [3.8, 4) is 0 Å². The van der Waals surface area contributed by atoms with Crippen molar-refractivity contribution >= 4 is 11.9 Å². The summed E-state index contributed by atoms with van der Waals surface area (Å²) in [4.78, 5) is 22.4. The Bertz CT molecular complexity index is 221. The van der Waals surface area contributed by atoms with Gasteiger partial charge in [0, 0.05) is 13.1 Å². The van der Waals surface area contributed by atoms with Crippen LogP contribution in [0.4, 0.5) is 4.79 Å². The van der Waals surface area contributed by atoms with Crippen LogP contribution >= 0.6 is 0 Å². The number of rotatable bonds is 8. The Morgan fingerprint density at radius 1 is 1.31 bits per heavy atom. The van der Waals surface area contributed by atoms with E-state index in [0.29, 0.717) is 19.5 Å². The van der Waals surface area contributed by atoms with Crippen molar-refractivity contribution in [2.75, 3.05) is 20.1 Å². The van der Waals surface area contributed by atoms with Crippen molar-refractivity contribution in [1.82, 2.24) is 16.0 Å². The molecule has 0 saturated heterocycles. The summed E-state index contributed by atoms with van der Waals surface area (Å²) < 4.78 is 0. The topological polar surface area (TPSA) is 96.2 Å². The van der Waals surface area contributed by atoms with Crippen LogP contribution in [0.15, 0.2) is 0 Å². The van der Waals surface area contributed by atoms with E-state index in [1.54, 1.807) is 0 Å².